The molecule has 3 heterocycles. The summed E-state index contributed by atoms with van der Waals surface area (Å²) in [6.45, 7) is 4.69. The van der Waals surface area contributed by atoms with Crippen molar-refractivity contribution < 1.29 is 33.1 Å². The normalized spacial score (nSPS) is 19.6. The molecule has 6 rings (SSSR count). The number of pyridine rings is 1. The summed E-state index contributed by atoms with van der Waals surface area (Å²) in [4.78, 5) is 48.4. The third kappa shape index (κ3) is 5.04. The highest BCUT2D eigenvalue weighted by Gasteiger charge is 2.36. The number of halogens is 2. The van der Waals surface area contributed by atoms with Gasteiger partial charge in [-0.05, 0) is 50.5 Å². The summed E-state index contributed by atoms with van der Waals surface area (Å²) in [6, 6.07) is 5.33. The molecule has 2 aromatic carbocycles. The summed E-state index contributed by atoms with van der Waals surface area (Å²) in [5.74, 6) is -2.58. The number of rotatable bonds is 9. The Labute approximate surface area is 251 Å². The number of aromatic carboxylic acids is 1. The second kappa shape index (κ2) is 11.5. The zero-order chi connectivity index (χ0) is 31.3. The average molecular weight is 610 g/mol. The molecule has 1 unspecified atom stereocenters. The molecule has 0 bridgehead atoms. The molecule has 3 aliphatic rings. The van der Waals surface area contributed by atoms with Crippen LogP contribution in [0, 0.1) is 11.6 Å². The molecule has 2 fully saturated rings. The minimum atomic E-state index is -1.35. The Kier molecular flexibility index (Phi) is 7.74. The molecule has 1 saturated heterocycles. The van der Waals surface area contributed by atoms with E-state index in [1.165, 1.54) is 32.5 Å². The summed E-state index contributed by atoms with van der Waals surface area (Å²) < 4.78 is 37.1. The smallest absolute Gasteiger partial charge is 0.341 e. The molecule has 2 aliphatic heterocycles. The van der Waals surface area contributed by atoms with E-state index in [0.29, 0.717) is 55.9 Å². The number of benzene rings is 2. The lowest BCUT2D eigenvalue weighted by atomic mass is 10.1. The number of aromatic nitrogens is 1. The minimum Gasteiger partial charge on any atom is -0.492 e. The molecule has 1 atom stereocenters. The maximum absolute atomic E-state index is 15.8. The number of carbonyl (C=O) groups is 2. The van der Waals surface area contributed by atoms with Crippen molar-refractivity contribution in [1.82, 2.24) is 9.47 Å². The van der Waals surface area contributed by atoms with E-state index in [4.69, 9.17) is 9.57 Å². The first-order valence-electron chi connectivity index (χ1n) is 14.5. The lowest BCUT2D eigenvalue weighted by molar-refractivity contribution is -0.112. The number of methoxy groups -OCH3 is 1. The molecule has 1 amide bonds. The SMILES string of the molecule is CO/N=C1/C(=O)N(CCCN2CCN(c3c(F)cc4c(=O)c(C(=O)O)cn(C5CC5)c4c3OC)CC2C)c2ccc(F)cc21. The first-order valence-corrected chi connectivity index (χ1v) is 14.5. The topological polar surface area (TPSA) is 117 Å². The molecular weight excluding hydrogens is 576 g/mol. The van der Waals surface area contributed by atoms with Crippen molar-refractivity contribution in [2.45, 2.75) is 38.3 Å². The van der Waals surface area contributed by atoms with E-state index in [1.807, 2.05) is 11.8 Å². The van der Waals surface area contributed by atoms with E-state index < -0.39 is 28.6 Å². The fourth-order valence-corrected chi connectivity index (χ4v) is 6.37. The van der Waals surface area contributed by atoms with Crippen molar-refractivity contribution >= 4 is 39.9 Å². The van der Waals surface area contributed by atoms with Crippen LogP contribution in [0.1, 0.15) is 48.1 Å². The van der Waals surface area contributed by atoms with Crippen LogP contribution in [-0.4, -0.2) is 85.1 Å². The fourth-order valence-electron chi connectivity index (χ4n) is 6.37. The van der Waals surface area contributed by atoms with E-state index in [9.17, 15) is 23.9 Å². The fraction of sp³-hybridized carbons (Fsp3) is 0.419. The van der Waals surface area contributed by atoms with E-state index in [2.05, 4.69) is 10.1 Å². The van der Waals surface area contributed by atoms with Gasteiger partial charge in [0.05, 0.1) is 23.7 Å². The number of carbonyl (C=O) groups excluding carboxylic acids is 1. The molecule has 1 aliphatic carbocycles. The highest BCUT2D eigenvalue weighted by molar-refractivity contribution is 6.54. The predicted molar refractivity (Wildman–Crippen MR) is 160 cm³/mol. The van der Waals surface area contributed by atoms with E-state index in [-0.39, 0.29) is 40.5 Å². The Morgan fingerprint density at radius 2 is 1.89 bits per heavy atom. The van der Waals surface area contributed by atoms with Crippen LogP contribution in [0.15, 0.2) is 40.4 Å². The lowest BCUT2D eigenvalue weighted by Crippen LogP contribution is -2.52. The van der Waals surface area contributed by atoms with Crippen LogP contribution in [-0.2, 0) is 9.63 Å². The quantitative estimate of drug-likeness (QED) is 0.366. The first kappa shape index (κ1) is 29.5. The van der Waals surface area contributed by atoms with Crippen molar-refractivity contribution in [2.75, 3.05) is 56.7 Å². The van der Waals surface area contributed by atoms with Crippen molar-refractivity contribution in [1.29, 1.82) is 0 Å². The van der Waals surface area contributed by atoms with Crippen LogP contribution in [0.25, 0.3) is 10.9 Å². The van der Waals surface area contributed by atoms with Crippen molar-refractivity contribution in [2.24, 2.45) is 5.16 Å². The Balaban J connectivity index is 1.20. The zero-order valence-electron chi connectivity index (χ0n) is 24.7. The van der Waals surface area contributed by atoms with Gasteiger partial charge < -0.3 is 29.0 Å². The first-order chi connectivity index (χ1) is 21.1. The number of hydrogen-bond donors (Lipinski definition) is 1. The summed E-state index contributed by atoms with van der Waals surface area (Å²) in [6.07, 6.45) is 3.64. The molecule has 0 radical (unpaired) electrons. The van der Waals surface area contributed by atoms with Gasteiger partial charge in [-0.3, -0.25) is 14.5 Å². The summed E-state index contributed by atoms with van der Waals surface area (Å²) >= 11 is 0. The Morgan fingerprint density at radius 1 is 1.11 bits per heavy atom. The number of carboxylic acid groups (broad SMARTS) is 1. The second-order valence-corrected chi connectivity index (χ2v) is 11.4. The number of ether oxygens (including phenoxy) is 1. The highest BCUT2D eigenvalue weighted by atomic mass is 19.1. The largest absolute Gasteiger partial charge is 0.492 e. The number of carboxylic acids is 1. The molecule has 44 heavy (non-hydrogen) atoms. The average Bonchev–Trinajstić information content (AvgIpc) is 3.80. The lowest BCUT2D eigenvalue weighted by Gasteiger charge is -2.41. The van der Waals surface area contributed by atoms with Gasteiger partial charge in [0.2, 0.25) is 5.43 Å². The predicted octanol–water partition coefficient (Wildman–Crippen LogP) is 3.62. The third-order valence-electron chi connectivity index (χ3n) is 8.62. The number of fused-ring (bicyclic) bond motifs is 2. The van der Waals surface area contributed by atoms with Gasteiger partial charge in [-0.2, -0.15) is 0 Å². The standard InChI is InChI=1S/C31H33F2N5O6/c1-17-15-36(12-11-35(17)9-4-10-37-24-8-5-18(32)13-20(24)25(30(37)40)34-44-3)27-23(33)14-21-26(29(27)43-2)38(19-6-7-19)16-22(28(21)39)31(41)42/h5,8,13-14,16-17,19H,4,6-7,9-12,15H2,1-3H3,(H,41,42)/b34-25+. The number of nitrogens with zero attached hydrogens (tertiary/aromatic N) is 5. The summed E-state index contributed by atoms with van der Waals surface area (Å²) in [7, 11) is 2.77. The number of hydrogen-bond acceptors (Lipinski definition) is 8. The van der Waals surface area contributed by atoms with Crippen LogP contribution in [0.3, 0.4) is 0 Å². The van der Waals surface area contributed by atoms with E-state index in [1.54, 1.807) is 15.5 Å². The number of oxime groups is 1. The van der Waals surface area contributed by atoms with E-state index >= 15 is 4.39 Å². The molecule has 1 aromatic heterocycles. The number of piperazine rings is 1. The van der Waals surface area contributed by atoms with Gasteiger partial charge in [-0.15, -0.1) is 0 Å². The maximum atomic E-state index is 15.8. The minimum absolute atomic E-state index is 0.0129. The second-order valence-electron chi connectivity index (χ2n) is 11.4. The van der Waals surface area contributed by atoms with Crippen LogP contribution in [0.4, 0.5) is 20.2 Å². The molecule has 232 valence electrons. The van der Waals surface area contributed by atoms with Gasteiger partial charge in [0.1, 0.15) is 24.2 Å². The molecule has 13 heteroatoms. The maximum Gasteiger partial charge on any atom is 0.341 e. The molecule has 0 spiro atoms. The molecule has 3 aromatic rings. The Morgan fingerprint density at radius 3 is 2.55 bits per heavy atom. The molecule has 1 saturated carbocycles. The van der Waals surface area contributed by atoms with Crippen LogP contribution in [0.2, 0.25) is 0 Å². The van der Waals surface area contributed by atoms with Crippen molar-refractivity contribution in [3.05, 3.63) is 63.4 Å². The molecular formula is C31H33F2N5O6. The highest BCUT2D eigenvalue weighted by Crippen LogP contribution is 2.44. The van der Waals surface area contributed by atoms with Gasteiger partial charge in [0.15, 0.2) is 17.3 Å². The summed E-state index contributed by atoms with van der Waals surface area (Å²) in [5, 5.41) is 13.4. The molecule has 11 nitrogen and oxygen atoms in total. The third-order valence-corrected chi connectivity index (χ3v) is 8.62. The monoisotopic (exact) mass is 609 g/mol. The van der Waals surface area contributed by atoms with Crippen molar-refractivity contribution in [3.63, 3.8) is 0 Å². The van der Waals surface area contributed by atoms with Gasteiger partial charge in [0, 0.05) is 56.6 Å². The summed E-state index contributed by atoms with van der Waals surface area (Å²) in [5.41, 5.74) is 0.580. The van der Waals surface area contributed by atoms with Crippen LogP contribution in [0.5, 0.6) is 5.75 Å². The number of amides is 1. The van der Waals surface area contributed by atoms with E-state index in [0.717, 1.165) is 18.9 Å². The van der Waals surface area contributed by atoms with Crippen molar-refractivity contribution in [3.8, 4) is 5.75 Å². The zero-order valence-corrected chi connectivity index (χ0v) is 24.7. The molecule has 1 N–H and O–H groups in total. The Hall–Kier alpha value is -4.52. The van der Waals surface area contributed by atoms with Crippen LogP contribution >= 0.6 is 0 Å². The van der Waals surface area contributed by atoms with Gasteiger partial charge in [-0.25, -0.2) is 13.6 Å². The van der Waals surface area contributed by atoms with Gasteiger partial charge in [0.25, 0.3) is 5.91 Å². The number of anilines is 2. The Bertz CT molecular complexity index is 1750. The van der Waals surface area contributed by atoms with Gasteiger partial charge >= 0.3 is 5.97 Å². The van der Waals surface area contributed by atoms with Crippen LogP contribution < -0.4 is 20.0 Å². The van der Waals surface area contributed by atoms with Gasteiger partial charge in [-0.1, -0.05) is 5.16 Å².